The molecule has 0 aliphatic rings. The third-order valence-electron chi connectivity index (χ3n) is 5.24. The molecule has 2 amide bonds. The monoisotopic (exact) mass is 407 g/mol. The van der Waals surface area contributed by atoms with Crippen LogP contribution in [0.2, 0.25) is 0 Å². The van der Waals surface area contributed by atoms with Gasteiger partial charge in [0.2, 0.25) is 11.8 Å². The molecule has 0 fully saturated rings. The number of ether oxygens (including phenoxy) is 1. The number of aromatic nitrogens is 1. The van der Waals surface area contributed by atoms with Crippen molar-refractivity contribution < 1.29 is 14.3 Å². The van der Waals surface area contributed by atoms with Crippen LogP contribution in [-0.2, 0) is 27.9 Å². The molecule has 0 N–H and O–H groups in total. The Balaban J connectivity index is 2.61. The van der Waals surface area contributed by atoms with Crippen molar-refractivity contribution in [1.82, 2.24) is 14.4 Å². The number of methoxy groups -OCH3 is 1. The second kappa shape index (κ2) is 15.1. The molecule has 0 aromatic carbocycles. The van der Waals surface area contributed by atoms with E-state index in [4.69, 9.17) is 4.74 Å². The topological polar surface area (TPSA) is 54.8 Å². The SMILES string of the molecule is CCCCCCCCC(=O)N(CCC)CC(=O)N(CCOC)Cc1cccn1C. The molecular formula is C23H41N3O3. The van der Waals surface area contributed by atoms with Crippen molar-refractivity contribution in [1.29, 1.82) is 0 Å². The van der Waals surface area contributed by atoms with Crippen LogP contribution < -0.4 is 0 Å². The third-order valence-corrected chi connectivity index (χ3v) is 5.24. The van der Waals surface area contributed by atoms with Gasteiger partial charge in [0.25, 0.3) is 0 Å². The lowest BCUT2D eigenvalue weighted by Crippen LogP contribution is -2.44. The second-order valence-electron chi connectivity index (χ2n) is 7.75. The fraction of sp³-hybridized carbons (Fsp3) is 0.739. The molecule has 0 unspecified atom stereocenters. The summed E-state index contributed by atoms with van der Waals surface area (Å²) in [5.74, 6) is 0.0780. The number of carbonyl (C=O) groups is 2. The molecule has 166 valence electrons. The number of carbonyl (C=O) groups excluding carboxylic acids is 2. The van der Waals surface area contributed by atoms with E-state index < -0.39 is 0 Å². The Morgan fingerprint density at radius 1 is 0.966 bits per heavy atom. The van der Waals surface area contributed by atoms with Gasteiger partial charge < -0.3 is 19.1 Å². The number of amides is 2. The first-order valence-corrected chi connectivity index (χ1v) is 11.2. The molecule has 6 nitrogen and oxygen atoms in total. The van der Waals surface area contributed by atoms with Gasteiger partial charge in [-0.05, 0) is 25.0 Å². The van der Waals surface area contributed by atoms with Crippen molar-refractivity contribution in [2.24, 2.45) is 7.05 Å². The maximum absolute atomic E-state index is 13.0. The Labute approximate surface area is 177 Å². The predicted molar refractivity (Wildman–Crippen MR) is 118 cm³/mol. The minimum absolute atomic E-state index is 0.0204. The molecule has 0 aliphatic carbocycles. The lowest BCUT2D eigenvalue weighted by atomic mass is 10.1. The molecule has 0 aliphatic heterocycles. The average Bonchev–Trinajstić information content (AvgIpc) is 3.11. The number of hydrogen-bond donors (Lipinski definition) is 0. The summed E-state index contributed by atoms with van der Waals surface area (Å²) < 4.78 is 7.20. The molecule has 0 saturated heterocycles. The van der Waals surface area contributed by atoms with Crippen molar-refractivity contribution in [3.05, 3.63) is 24.0 Å². The molecule has 6 heteroatoms. The van der Waals surface area contributed by atoms with Gasteiger partial charge in [0, 0.05) is 45.6 Å². The van der Waals surface area contributed by atoms with E-state index in [-0.39, 0.29) is 18.4 Å². The molecule has 0 spiro atoms. The Bertz CT molecular complexity index is 586. The van der Waals surface area contributed by atoms with Crippen LogP contribution in [0, 0.1) is 0 Å². The van der Waals surface area contributed by atoms with Gasteiger partial charge in [0.15, 0.2) is 0 Å². The van der Waals surface area contributed by atoms with Gasteiger partial charge in [-0.1, -0.05) is 46.0 Å². The smallest absolute Gasteiger partial charge is 0.242 e. The van der Waals surface area contributed by atoms with Gasteiger partial charge in [-0.15, -0.1) is 0 Å². The predicted octanol–water partition coefficient (Wildman–Crippen LogP) is 3.99. The van der Waals surface area contributed by atoms with Crippen LogP contribution in [0.25, 0.3) is 0 Å². The van der Waals surface area contributed by atoms with Crippen LogP contribution >= 0.6 is 0 Å². The summed E-state index contributed by atoms with van der Waals surface area (Å²) in [6, 6.07) is 3.99. The Morgan fingerprint density at radius 2 is 1.69 bits per heavy atom. The van der Waals surface area contributed by atoms with E-state index in [2.05, 4.69) is 6.92 Å². The Morgan fingerprint density at radius 3 is 2.31 bits per heavy atom. The zero-order valence-corrected chi connectivity index (χ0v) is 19.0. The summed E-state index contributed by atoms with van der Waals surface area (Å²) >= 11 is 0. The quantitative estimate of drug-likeness (QED) is 0.389. The second-order valence-corrected chi connectivity index (χ2v) is 7.75. The maximum Gasteiger partial charge on any atom is 0.242 e. The van der Waals surface area contributed by atoms with Crippen molar-refractivity contribution in [3.63, 3.8) is 0 Å². The van der Waals surface area contributed by atoms with Crippen LogP contribution in [0.3, 0.4) is 0 Å². The number of hydrogen-bond acceptors (Lipinski definition) is 3. The van der Waals surface area contributed by atoms with Gasteiger partial charge in [0.05, 0.1) is 19.7 Å². The molecule has 0 saturated carbocycles. The van der Waals surface area contributed by atoms with Crippen LogP contribution in [-0.4, -0.2) is 59.5 Å². The summed E-state index contributed by atoms with van der Waals surface area (Å²) in [6.07, 6.45) is 10.3. The Kier molecular flexibility index (Phi) is 13.1. The van der Waals surface area contributed by atoms with E-state index in [0.29, 0.717) is 32.7 Å². The van der Waals surface area contributed by atoms with Crippen LogP contribution in [0.4, 0.5) is 0 Å². The molecule has 0 bridgehead atoms. The number of nitrogens with zero attached hydrogens (tertiary/aromatic N) is 3. The highest BCUT2D eigenvalue weighted by molar-refractivity contribution is 5.84. The van der Waals surface area contributed by atoms with Crippen molar-refractivity contribution >= 4 is 11.8 Å². The maximum atomic E-state index is 13.0. The summed E-state index contributed by atoms with van der Waals surface area (Å²) in [5, 5.41) is 0. The van der Waals surface area contributed by atoms with Gasteiger partial charge in [-0.2, -0.15) is 0 Å². The van der Waals surface area contributed by atoms with E-state index in [1.807, 2.05) is 36.9 Å². The molecule has 0 atom stereocenters. The first kappa shape index (κ1) is 25.2. The first-order chi connectivity index (χ1) is 14.0. The minimum atomic E-state index is -0.0204. The number of rotatable bonds is 16. The molecule has 1 aromatic rings. The summed E-state index contributed by atoms with van der Waals surface area (Å²) in [4.78, 5) is 29.2. The van der Waals surface area contributed by atoms with Crippen LogP contribution in [0.5, 0.6) is 0 Å². The third kappa shape index (κ3) is 9.97. The highest BCUT2D eigenvalue weighted by atomic mass is 16.5. The summed E-state index contributed by atoms with van der Waals surface area (Å²) in [5.41, 5.74) is 1.06. The van der Waals surface area contributed by atoms with E-state index in [1.165, 1.54) is 25.7 Å². The van der Waals surface area contributed by atoms with Crippen molar-refractivity contribution in [3.8, 4) is 0 Å². The lowest BCUT2D eigenvalue weighted by Gasteiger charge is -2.27. The summed E-state index contributed by atoms with van der Waals surface area (Å²) in [6.45, 7) is 6.55. The van der Waals surface area contributed by atoms with Crippen LogP contribution in [0.1, 0.15) is 70.9 Å². The Hall–Kier alpha value is -1.82. The molecule has 29 heavy (non-hydrogen) atoms. The standard InChI is InChI=1S/C23H41N3O3/c1-5-7-8-9-10-11-14-22(27)25(15-6-2)20-23(28)26(17-18-29-4)19-21-13-12-16-24(21)3/h12-13,16H,5-11,14-15,17-20H2,1-4H3. The van der Waals surface area contributed by atoms with Gasteiger partial charge in [-0.3, -0.25) is 9.59 Å². The van der Waals surface area contributed by atoms with E-state index in [9.17, 15) is 9.59 Å². The summed E-state index contributed by atoms with van der Waals surface area (Å²) in [7, 11) is 3.61. The molecular weight excluding hydrogens is 366 g/mol. The zero-order chi connectivity index (χ0) is 21.5. The lowest BCUT2D eigenvalue weighted by molar-refractivity contribution is -0.141. The van der Waals surface area contributed by atoms with Gasteiger partial charge in [-0.25, -0.2) is 0 Å². The minimum Gasteiger partial charge on any atom is -0.383 e. The largest absolute Gasteiger partial charge is 0.383 e. The molecule has 1 heterocycles. The van der Waals surface area contributed by atoms with Gasteiger partial charge >= 0.3 is 0 Å². The van der Waals surface area contributed by atoms with Gasteiger partial charge in [0.1, 0.15) is 0 Å². The van der Waals surface area contributed by atoms with Crippen LogP contribution in [0.15, 0.2) is 18.3 Å². The fourth-order valence-electron chi connectivity index (χ4n) is 3.39. The molecule has 0 radical (unpaired) electrons. The average molecular weight is 408 g/mol. The van der Waals surface area contributed by atoms with Crippen molar-refractivity contribution in [2.45, 2.75) is 71.8 Å². The van der Waals surface area contributed by atoms with Crippen molar-refractivity contribution in [2.75, 3.05) is 33.4 Å². The zero-order valence-electron chi connectivity index (χ0n) is 19.0. The van der Waals surface area contributed by atoms with E-state index in [0.717, 1.165) is 25.0 Å². The number of unbranched alkanes of at least 4 members (excludes halogenated alkanes) is 5. The highest BCUT2D eigenvalue weighted by Crippen LogP contribution is 2.10. The first-order valence-electron chi connectivity index (χ1n) is 11.2. The van der Waals surface area contributed by atoms with E-state index in [1.54, 1.807) is 16.9 Å². The van der Waals surface area contributed by atoms with E-state index >= 15 is 0 Å². The highest BCUT2D eigenvalue weighted by Gasteiger charge is 2.21. The molecule has 1 aromatic heterocycles. The normalized spacial score (nSPS) is 10.9. The fourth-order valence-corrected chi connectivity index (χ4v) is 3.39. The molecule has 1 rings (SSSR count). The number of aryl methyl sites for hydroxylation is 1.